The third kappa shape index (κ3) is 3.34. The van der Waals surface area contributed by atoms with E-state index in [2.05, 4.69) is 15.3 Å². The van der Waals surface area contributed by atoms with Crippen LogP contribution in [0.2, 0.25) is 0 Å². The number of methoxy groups -OCH3 is 1. The molecule has 0 aliphatic rings. The SMILES string of the molecule is COc1ccc(-c2nc(NC(=O)c3ncoc3-c3ccco3)sc2C)cc1. The molecule has 0 saturated carbocycles. The highest BCUT2D eigenvalue weighted by molar-refractivity contribution is 7.16. The van der Waals surface area contributed by atoms with Gasteiger partial charge in [0, 0.05) is 10.4 Å². The molecule has 1 N–H and O–H groups in total. The number of hydrogen-bond donors (Lipinski definition) is 1. The number of carbonyl (C=O) groups excluding carboxylic acids is 1. The number of amides is 1. The molecule has 0 aliphatic heterocycles. The van der Waals surface area contributed by atoms with E-state index >= 15 is 0 Å². The van der Waals surface area contributed by atoms with E-state index in [4.69, 9.17) is 13.6 Å². The normalized spacial score (nSPS) is 10.7. The number of thiazole rings is 1. The Kier molecular flexibility index (Phi) is 4.47. The maximum atomic E-state index is 12.6. The molecule has 136 valence electrons. The van der Waals surface area contributed by atoms with Crippen molar-refractivity contribution in [1.29, 1.82) is 0 Å². The van der Waals surface area contributed by atoms with Gasteiger partial charge in [0.25, 0.3) is 5.91 Å². The van der Waals surface area contributed by atoms with Gasteiger partial charge in [-0.05, 0) is 43.3 Å². The number of ether oxygens (including phenoxy) is 1. The molecule has 0 unspecified atom stereocenters. The Hall–Kier alpha value is -3.39. The lowest BCUT2D eigenvalue weighted by Gasteiger charge is -2.02. The van der Waals surface area contributed by atoms with E-state index in [1.807, 2.05) is 31.2 Å². The van der Waals surface area contributed by atoms with Gasteiger partial charge < -0.3 is 13.6 Å². The van der Waals surface area contributed by atoms with Crippen LogP contribution in [-0.4, -0.2) is 23.0 Å². The molecule has 0 fully saturated rings. The molecule has 8 heteroatoms. The summed E-state index contributed by atoms with van der Waals surface area (Å²) in [6, 6.07) is 11.0. The predicted octanol–water partition coefficient (Wildman–Crippen LogP) is 4.63. The predicted molar refractivity (Wildman–Crippen MR) is 101 cm³/mol. The van der Waals surface area contributed by atoms with Gasteiger partial charge in [0.1, 0.15) is 5.75 Å². The maximum Gasteiger partial charge on any atom is 0.280 e. The highest BCUT2D eigenvalue weighted by Crippen LogP contribution is 2.32. The number of aryl methyl sites for hydroxylation is 1. The summed E-state index contributed by atoms with van der Waals surface area (Å²) in [6.45, 7) is 1.96. The fraction of sp³-hybridized carbons (Fsp3) is 0.105. The second kappa shape index (κ2) is 7.08. The number of nitrogens with zero attached hydrogens (tertiary/aromatic N) is 2. The van der Waals surface area contributed by atoms with Gasteiger partial charge in [-0.15, -0.1) is 11.3 Å². The van der Waals surface area contributed by atoms with Gasteiger partial charge in [-0.2, -0.15) is 0 Å². The molecule has 4 rings (SSSR count). The lowest BCUT2D eigenvalue weighted by molar-refractivity contribution is 0.102. The third-order valence-corrected chi connectivity index (χ3v) is 4.79. The highest BCUT2D eigenvalue weighted by atomic mass is 32.1. The van der Waals surface area contributed by atoms with Crippen molar-refractivity contribution in [3.8, 4) is 28.5 Å². The zero-order chi connectivity index (χ0) is 18.8. The van der Waals surface area contributed by atoms with Crippen LogP contribution in [0.25, 0.3) is 22.8 Å². The molecule has 1 amide bonds. The third-order valence-electron chi connectivity index (χ3n) is 3.91. The molecule has 0 bridgehead atoms. The van der Waals surface area contributed by atoms with Crippen LogP contribution >= 0.6 is 11.3 Å². The number of carbonyl (C=O) groups is 1. The Balaban J connectivity index is 1.57. The number of aromatic nitrogens is 2. The number of hydrogen-bond acceptors (Lipinski definition) is 7. The monoisotopic (exact) mass is 381 g/mol. The fourth-order valence-corrected chi connectivity index (χ4v) is 3.44. The average Bonchev–Trinajstić information content (AvgIpc) is 3.42. The lowest BCUT2D eigenvalue weighted by Crippen LogP contribution is -2.13. The Morgan fingerprint density at radius 1 is 1.19 bits per heavy atom. The van der Waals surface area contributed by atoms with Crippen molar-refractivity contribution in [1.82, 2.24) is 9.97 Å². The quantitative estimate of drug-likeness (QED) is 0.542. The van der Waals surface area contributed by atoms with Crippen molar-refractivity contribution in [3.63, 3.8) is 0 Å². The molecular formula is C19H15N3O4S. The molecule has 7 nitrogen and oxygen atoms in total. The molecule has 0 saturated heterocycles. The van der Waals surface area contributed by atoms with Crippen molar-refractivity contribution >= 4 is 22.4 Å². The molecule has 4 aromatic rings. The summed E-state index contributed by atoms with van der Waals surface area (Å²) < 4.78 is 15.8. The van der Waals surface area contributed by atoms with Gasteiger partial charge in [0.15, 0.2) is 23.0 Å². The van der Waals surface area contributed by atoms with Crippen molar-refractivity contribution in [2.24, 2.45) is 0 Å². The highest BCUT2D eigenvalue weighted by Gasteiger charge is 2.21. The molecule has 0 spiro atoms. The van der Waals surface area contributed by atoms with E-state index in [0.717, 1.165) is 21.9 Å². The van der Waals surface area contributed by atoms with Crippen molar-refractivity contribution in [2.75, 3.05) is 12.4 Å². The molecule has 3 aromatic heterocycles. The van der Waals surface area contributed by atoms with E-state index in [-0.39, 0.29) is 11.5 Å². The second-order valence-electron chi connectivity index (χ2n) is 5.61. The van der Waals surface area contributed by atoms with Gasteiger partial charge in [-0.25, -0.2) is 9.97 Å². The molecule has 0 aliphatic carbocycles. The molecule has 0 atom stereocenters. The largest absolute Gasteiger partial charge is 0.497 e. The number of nitrogens with one attached hydrogen (secondary N) is 1. The molecule has 27 heavy (non-hydrogen) atoms. The van der Waals surface area contributed by atoms with Crippen LogP contribution in [0.15, 0.2) is 57.9 Å². The Morgan fingerprint density at radius 3 is 2.70 bits per heavy atom. The van der Waals surface area contributed by atoms with Crippen LogP contribution in [0.4, 0.5) is 5.13 Å². The van der Waals surface area contributed by atoms with E-state index in [9.17, 15) is 4.79 Å². The van der Waals surface area contributed by atoms with Crippen molar-refractivity contribution in [2.45, 2.75) is 6.92 Å². The zero-order valence-corrected chi connectivity index (χ0v) is 15.4. The number of oxazole rings is 1. The molecule has 3 heterocycles. The Bertz CT molecular complexity index is 1070. The Labute approximate surface area is 158 Å². The fourth-order valence-electron chi connectivity index (χ4n) is 2.61. The summed E-state index contributed by atoms with van der Waals surface area (Å²) in [5.41, 5.74) is 1.90. The second-order valence-corrected chi connectivity index (χ2v) is 6.82. The van der Waals surface area contributed by atoms with Gasteiger partial charge >= 0.3 is 0 Å². The van der Waals surface area contributed by atoms with E-state index in [1.165, 1.54) is 24.0 Å². The Morgan fingerprint density at radius 2 is 2.00 bits per heavy atom. The minimum Gasteiger partial charge on any atom is -0.497 e. The van der Waals surface area contributed by atoms with E-state index in [0.29, 0.717) is 10.9 Å². The first kappa shape index (κ1) is 17.0. The van der Waals surface area contributed by atoms with Crippen LogP contribution in [0.3, 0.4) is 0 Å². The van der Waals surface area contributed by atoms with E-state index < -0.39 is 5.91 Å². The van der Waals surface area contributed by atoms with Crippen LogP contribution in [0.1, 0.15) is 15.4 Å². The van der Waals surface area contributed by atoms with Crippen molar-refractivity contribution in [3.05, 3.63) is 59.6 Å². The summed E-state index contributed by atoms with van der Waals surface area (Å²) >= 11 is 1.39. The van der Waals surface area contributed by atoms with Gasteiger partial charge in [0.05, 0.1) is 19.1 Å². The first-order valence-corrected chi connectivity index (χ1v) is 8.88. The van der Waals surface area contributed by atoms with Gasteiger partial charge in [0.2, 0.25) is 5.76 Å². The topological polar surface area (TPSA) is 90.4 Å². The number of benzene rings is 1. The summed E-state index contributed by atoms with van der Waals surface area (Å²) in [5.74, 6) is 1.08. The average molecular weight is 381 g/mol. The maximum absolute atomic E-state index is 12.6. The summed E-state index contributed by atoms with van der Waals surface area (Å²) in [4.78, 5) is 22.1. The first-order valence-electron chi connectivity index (χ1n) is 8.06. The van der Waals surface area contributed by atoms with Crippen LogP contribution in [-0.2, 0) is 0 Å². The lowest BCUT2D eigenvalue weighted by atomic mass is 10.1. The molecule has 1 aromatic carbocycles. The summed E-state index contributed by atoms with van der Waals surface area (Å²) in [7, 11) is 1.62. The molecule has 0 radical (unpaired) electrons. The minimum absolute atomic E-state index is 0.142. The number of rotatable bonds is 5. The smallest absolute Gasteiger partial charge is 0.280 e. The van der Waals surface area contributed by atoms with Crippen LogP contribution in [0, 0.1) is 6.92 Å². The standard InChI is InChI=1S/C19H15N3O4S/c1-11-15(12-5-7-13(24-2)8-6-12)21-19(27-11)22-18(23)16-17(26-10-20-16)14-4-3-9-25-14/h3-10H,1-2H3,(H,21,22,23). The van der Waals surface area contributed by atoms with Crippen LogP contribution < -0.4 is 10.1 Å². The van der Waals surface area contributed by atoms with Crippen LogP contribution in [0.5, 0.6) is 5.75 Å². The molecular weight excluding hydrogens is 366 g/mol. The van der Waals surface area contributed by atoms with Crippen molar-refractivity contribution < 1.29 is 18.4 Å². The summed E-state index contributed by atoms with van der Waals surface area (Å²) in [6.07, 6.45) is 2.72. The summed E-state index contributed by atoms with van der Waals surface area (Å²) in [5, 5.41) is 3.26. The first-order chi connectivity index (χ1) is 13.2. The number of furan rings is 1. The van der Waals surface area contributed by atoms with E-state index in [1.54, 1.807) is 19.2 Å². The minimum atomic E-state index is -0.412. The van der Waals surface area contributed by atoms with Gasteiger partial charge in [-0.3, -0.25) is 10.1 Å². The number of anilines is 1. The zero-order valence-electron chi connectivity index (χ0n) is 14.6. The van der Waals surface area contributed by atoms with Gasteiger partial charge in [-0.1, -0.05) is 0 Å².